The molecule has 21 heavy (non-hydrogen) atoms. The number of ether oxygens (including phenoxy) is 2. The fourth-order valence-corrected chi connectivity index (χ4v) is 1.67. The van der Waals surface area contributed by atoms with Crippen molar-refractivity contribution < 1.29 is 14.3 Å². The van der Waals surface area contributed by atoms with Gasteiger partial charge < -0.3 is 15.2 Å². The van der Waals surface area contributed by atoms with Crippen molar-refractivity contribution in [3.63, 3.8) is 0 Å². The highest BCUT2D eigenvalue weighted by Gasteiger charge is 2.17. The Morgan fingerprint density at radius 1 is 1.38 bits per heavy atom. The first-order valence-corrected chi connectivity index (χ1v) is 6.37. The van der Waals surface area contributed by atoms with E-state index in [2.05, 4.69) is 19.8 Å². The van der Waals surface area contributed by atoms with Crippen LogP contribution in [0.3, 0.4) is 0 Å². The number of methoxy groups -OCH3 is 1. The van der Waals surface area contributed by atoms with E-state index in [-0.39, 0.29) is 23.4 Å². The molecule has 0 bridgehead atoms. The molecule has 2 N–H and O–H groups in total. The lowest BCUT2D eigenvalue weighted by molar-refractivity contribution is 0.0594. The maximum atomic E-state index is 11.5. The van der Waals surface area contributed by atoms with Crippen molar-refractivity contribution in [2.75, 3.05) is 12.8 Å². The standard InChI is InChI=1S/C13H17N5O3/c1-7(2)21-10-5-8(3)15-13(16-10)18-6-9(14)11(17-18)12(19)20-4/h5-7H,14H2,1-4H3. The minimum atomic E-state index is -0.613. The van der Waals surface area contributed by atoms with E-state index in [9.17, 15) is 4.79 Å². The van der Waals surface area contributed by atoms with Crippen LogP contribution in [0.1, 0.15) is 30.0 Å². The number of nitrogens with zero attached hydrogens (tertiary/aromatic N) is 4. The van der Waals surface area contributed by atoms with Gasteiger partial charge in [0.25, 0.3) is 5.95 Å². The molecule has 2 aromatic heterocycles. The summed E-state index contributed by atoms with van der Waals surface area (Å²) in [6.07, 6.45) is 1.45. The second-order valence-electron chi connectivity index (χ2n) is 4.68. The van der Waals surface area contributed by atoms with Gasteiger partial charge in [-0.3, -0.25) is 0 Å². The van der Waals surface area contributed by atoms with E-state index in [0.29, 0.717) is 11.6 Å². The van der Waals surface area contributed by atoms with Gasteiger partial charge in [-0.25, -0.2) is 14.5 Å². The predicted molar refractivity (Wildman–Crippen MR) is 75.4 cm³/mol. The summed E-state index contributed by atoms with van der Waals surface area (Å²) in [5, 5.41) is 4.05. The Labute approximate surface area is 121 Å². The summed E-state index contributed by atoms with van der Waals surface area (Å²) >= 11 is 0. The summed E-state index contributed by atoms with van der Waals surface area (Å²) in [7, 11) is 1.26. The molecule has 112 valence electrons. The summed E-state index contributed by atoms with van der Waals surface area (Å²) in [5.41, 5.74) is 6.67. The summed E-state index contributed by atoms with van der Waals surface area (Å²) in [5.74, 6) is 0.0891. The van der Waals surface area contributed by atoms with Gasteiger partial charge in [0.15, 0.2) is 5.69 Å². The largest absolute Gasteiger partial charge is 0.475 e. The highest BCUT2D eigenvalue weighted by Crippen LogP contribution is 2.16. The quantitative estimate of drug-likeness (QED) is 0.841. The molecule has 0 saturated carbocycles. The molecule has 8 nitrogen and oxygen atoms in total. The van der Waals surface area contributed by atoms with Gasteiger partial charge >= 0.3 is 5.97 Å². The molecule has 0 aliphatic carbocycles. The van der Waals surface area contributed by atoms with Gasteiger partial charge in [-0.2, -0.15) is 10.1 Å². The Morgan fingerprint density at radius 3 is 2.71 bits per heavy atom. The van der Waals surface area contributed by atoms with Crippen LogP contribution in [-0.2, 0) is 4.74 Å². The van der Waals surface area contributed by atoms with Gasteiger partial charge in [-0.1, -0.05) is 0 Å². The minimum Gasteiger partial charge on any atom is -0.475 e. The molecule has 0 radical (unpaired) electrons. The number of carbonyl (C=O) groups excluding carboxylic acids is 1. The Bertz CT molecular complexity index is 666. The number of aromatic nitrogens is 4. The number of nitrogen functional groups attached to an aromatic ring is 1. The van der Waals surface area contributed by atoms with E-state index in [1.165, 1.54) is 18.0 Å². The molecule has 0 aromatic carbocycles. The lowest BCUT2D eigenvalue weighted by Gasteiger charge is -2.10. The molecular weight excluding hydrogens is 274 g/mol. The van der Waals surface area contributed by atoms with Crippen LogP contribution < -0.4 is 10.5 Å². The maximum Gasteiger partial charge on any atom is 0.360 e. The van der Waals surface area contributed by atoms with Crippen LogP contribution >= 0.6 is 0 Å². The lowest BCUT2D eigenvalue weighted by Crippen LogP contribution is -2.11. The van der Waals surface area contributed by atoms with E-state index >= 15 is 0 Å². The molecule has 2 rings (SSSR count). The van der Waals surface area contributed by atoms with Crippen molar-refractivity contribution in [1.29, 1.82) is 0 Å². The highest BCUT2D eigenvalue weighted by atomic mass is 16.5. The molecule has 0 saturated heterocycles. The molecule has 0 atom stereocenters. The number of aryl methyl sites for hydroxylation is 1. The van der Waals surface area contributed by atoms with Gasteiger partial charge in [0.1, 0.15) is 0 Å². The first-order valence-electron chi connectivity index (χ1n) is 6.37. The summed E-state index contributed by atoms with van der Waals surface area (Å²) < 4.78 is 11.5. The fourth-order valence-electron chi connectivity index (χ4n) is 1.67. The zero-order chi connectivity index (χ0) is 15.6. The topological polar surface area (TPSA) is 105 Å². The van der Waals surface area contributed by atoms with Crippen molar-refractivity contribution in [3.8, 4) is 11.8 Å². The molecular formula is C13H17N5O3. The zero-order valence-corrected chi connectivity index (χ0v) is 12.3. The second kappa shape index (κ2) is 5.78. The predicted octanol–water partition coefficient (Wildman–Crippen LogP) is 1.13. The Morgan fingerprint density at radius 2 is 2.10 bits per heavy atom. The molecule has 0 fully saturated rings. The average Bonchev–Trinajstić information content (AvgIpc) is 2.78. The molecule has 0 unspecified atom stereocenters. The molecule has 8 heteroatoms. The fraction of sp³-hybridized carbons (Fsp3) is 0.385. The van der Waals surface area contributed by atoms with Crippen LogP contribution in [-0.4, -0.2) is 38.9 Å². The summed E-state index contributed by atoms with van der Waals surface area (Å²) in [6.45, 7) is 5.61. The maximum absolute atomic E-state index is 11.5. The number of hydrogen-bond acceptors (Lipinski definition) is 7. The normalized spacial score (nSPS) is 10.7. The Hall–Kier alpha value is -2.64. The van der Waals surface area contributed by atoms with Crippen LogP contribution in [0.25, 0.3) is 5.95 Å². The number of nitrogens with two attached hydrogens (primary N) is 1. The molecule has 0 aliphatic heterocycles. The van der Waals surface area contributed by atoms with E-state index in [4.69, 9.17) is 10.5 Å². The number of rotatable bonds is 4. The Kier molecular flexibility index (Phi) is 4.06. The van der Waals surface area contributed by atoms with E-state index in [1.54, 1.807) is 6.07 Å². The number of esters is 1. The van der Waals surface area contributed by atoms with Gasteiger partial charge in [0.05, 0.1) is 25.1 Å². The number of anilines is 1. The summed E-state index contributed by atoms with van der Waals surface area (Å²) in [6, 6.07) is 1.72. The lowest BCUT2D eigenvalue weighted by atomic mass is 10.4. The van der Waals surface area contributed by atoms with Crippen LogP contribution in [0.2, 0.25) is 0 Å². The van der Waals surface area contributed by atoms with Crippen molar-refractivity contribution >= 4 is 11.7 Å². The van der Waals surface area contributed by atoms with Gasteiger partial charge in [0.2, 0.25) is 5.88 Å². The molecule has 2 heterocycles. The second-order valence-corrected chi connectivity index (χ2v) is 4.68. The average molecular weight is 291 g/mol. The van der Waals surface area contributed by atoms with Crippen molar-refractivity contribution in [2.45, 2.75) is 26.9 Å². The SMILES string of the molecule is COC(=O)c1nn(-c2nc(C)cc(OC(C)C)n2)cc1N. The van der Waals surface area contributed by atoms with E-state index in [0.717, 1.165) is 0 Å². The van der Waals surface area contributed by atoms with Crippen molar-refractivity contribution in [2.24, 2.45) is 0 Å². The number of carbonyl (C=O) groups is 1. The first kappa shape index (κ1) is 14.8. The molecule has 0 amide bonds. The van der Waals surface area contributed by atoms with Crippen LogP contribution in [0.4, 0.5) is 5.69 Å². The third kappa shape index (κ3) is 3.28. The van der Waals surface area contributed by atoms with Gasteiger partial charge in [0, 0.05) is 11.8 Å². The molecule has 0 aliphatic rings. The van der Waals surface area contributed by atoms with Crippen LogP contribution in [0, 0.1) is 6.92 Å². The molecule has 0 spiro atoms. The minimum absolute atomic E-state index is 0.0135. The van der Waals surface area contributed by atoms with Crippen molar-refractivity contribution in [1.82, 2.24) is 19.7 Å². The van der Waals surface area contributed by atoms with Gasteiger partial charge in [-0.15, -0.1) is 0 Å². The molecule has 2 aromatic rings. The summed E-state index contributed by atoms with van der Waals surface area (Å²) in [4.78, 5) is 20.0. The van der Waals surface area contributed by atoms with Crippen LogP contribution in [0.5, 0.6) is 5.88 Å². The number of hydrogen-bond donors (Lipinski definition) is 1. The van der Waals surface area contributed by atoms with Crippen molar-refractivity contribution in [3.05, 3.63) is 23.7 Å². The van der Waals surface area contributed by atoms with E-state index < -0.39 is 5.97 Å². The smallest absolute Gasteiger partial charge is 0.360 e. The first-order chi connectivity index (χ1) is 9.90. The third-order valence-corrected chi connectivity index (χ3v) is 2.50. The highest BCUT2D eigenvalue weighted by molar-refractivity contribution is 5.92. The zero-order valence-electron chi connectivity index (χ0n) is 12.3. The third-order valence-electron chi connectivity index (χ3n) is 2.50. The van der Waals surface area contributed by atoms with E-state index in [1.807, 2.05) is 20.8 Å². The van der Waals surface area contributed by atoms with Gasteiger partial charge in [-0.05, 0) is 20.8 Å². The Balaban J connectivity index is 2.42. The van der Waals surface area contributed by atoms with Crippen LogP contribution in [0.15, 0.2) is 12.3 Å². The monoisotopic (exact) mass is 291 g/mol.